The lowest BCUT2D eigenvalue weighted by molar-refractivity contribution is 0.0525. The molecule has 0 aliphatic carbocycles. The number of aromatic nitrogens is 1. The van der Waals surface area contributed by atoms with Crippen molar-refractivity contribution in [1.82, 2.24) is 4.98 Å². The number of esters is 1. The van der Waals surface area contributed by atoms with Crippen LogP contribution in [0.2, 0.25) is 0 Å². The fourth-order valence-corrected chi connectivity index (χ4v) is 1.20. The van der Waals surface area contributed by atoms with Gasteiger partial charge in [0.15, 0.2) is 0 Å². The van der Waals surface area contributed by atoms with Crippen molar-refractivity contribution in [3.63, 3.8) is 0 Å². The third-order valence-corrected chi connectivity index (χ3v) is 1.86. The molecule has 1 rings (SSSR count). The maximum absolute atomic E-state index is 11.5. The third kappa shape index (κ3) is 1.99. The Bertz CT molecular complexity index is 358. The minimum Gasteiger partial charge on any atom is -0.462 e. The molecule has 1 aromatic rings. The summed E-state index contributed by atoms with van der Waals surface area (Å²) in [5.74, 6) is -0.340. The van der Waals surface area contributed by atoms with Crippen LogP contribution in [0.25, 0.3) is 6.08 Å². The number of hydrogen-bond donors (Lipinski definition) is 0. The van der Waals surface area contributed by atoms with E-state index in [-0.39, 0.29) is 5.97 Å². The van der Waals surface area contributed by atoms with Gasteiger partial charge in [0.1, 0.15) is 0 Å². The number of ether oxygens (including phenoxy) is 1. The first-order valence-corrected chi connectivity index (χ1v) is 4.45. The summed E-state index contributed by atoms with van der Waals surface area (Å²) in [7, 11) is 0. The molecular formula is C11H13NO2. The Kier molecular flexibility index (Phi) is 3.40. The summed E-state index contributed by atoms with van der Waals surface area (Å²) < 4.78 is 4.92. The van der Waals surface area contributed by atoms with Crippen molar-refractivity contribution in [2.45, 2.75) is 13.8 Å². The van der Waals surface area contributed by atoms with Crippen LogP contribution in [0.15, 0.2) is 18.8 Å². The zero-order valence-electron chi connectivity index (χ0n) is 8.41. The third-order valence-electron chi connectivity index (χ3n) is 1.86. The second-order valence-electron chi connectivity index (χ2n) is 2.81. The van der Waals surface area contributed by atoms with Gasteiger partial charge in [0.2, 0.25) is 0 Å². The lowest BCUT2D eigenvalue weighted by Gasteiger charge is -2.07. The molecule has 0 saturated heterocycles. The Morgan fingerprint density at radius 1 is 1.71 bits per heavy atom. The number of nitrogens with zero attached hydrogens (tertiary/aromatic N) is 1. The fourth-order valence-electron chi connectivity index (χ4n) is 1.20. The normalized spacial score (nSPS) is 9.57. The highest BCUT2D eigenvalue weighted by Gasteiger charge is 2.14. The summed E-state index contributed by atoms with van der Waals surface area (Å²) in [6.45, 7) is 7.59. The molecule has 74 valence electrons. The van der Waals surface area contributed by atoms with Crippen LogP contribution in [0.1, 0.15) is 28.5 Å². The first-order chi connectivity index (χ1) is 6.70. The molecule has 3 heteroatoms. The van der Waals surface area contributed by atoms with Crippen LogP contribution < -0.4 is 0 Å². The van der Waals surface area contributed by atoms with Gasteiger partial charge in [0.25, 0.3) is 0 Å². The van der Waals surface area contributed by atoms with E-state index in [2.05, 4.69) is 11.6 Å². The Hall–Kier alpha value is -1.64. The van der Waals surface area contributed by atoms with Crippen molar-refractivity contribution >= 4 is 12.0 Å². The van der Waals surface area contributed by atoms with Crippen molar-refractivity contribution in [3.05, 3.63) is 35.7 Å². The van der Waals surface area contributed by atoms with Crippen LogP contribution in [0.5, 0.6) is 0 Å². The van der Waals surface area contributed by atoms with Crippen LogP contribution in [0, 0.1) is 6.92 Å². The molecule has 0 atom stereocenters. The van der Waals surface area contributed by atoms with E-state index in [0.29, 0.717) is 17.9 Å². The highest BCUT2D eigenvalue weighted by Crippen LogP contribution is 2.13. The molecule has 0 radical (unpaired) electrons. The van der Waals surface area contributed by atoms with E-state index in [1.54, 1.807) is 25.3 Å². The van der Waals surface area contributed by atoms with E-state index in [4.69, 9.17) is 4.74 Å². The minimum absolute atomic E-state index is 0.340. The van der Waals surface area contributed by atoms with E-state index in [0.717, 1.165) is 5.56 Å². The summed E-state index contributed by atoms with van der Waals surface area (Å²) in [5.41, 5.74) is 1.93. The van der Waals surface area contributed by atoms with Gasteiger partial charge < -0.3 is 4.74 Å². The maximum atomic E-state index is 11.5. The summed E-state index contributed by atoms with van der Waals surface area (Å²) in [5, 5.41) is 0. The van der Waals surface area contributed by atoms with Crippen LogP contribution in [0.3, 0.4) is 0 Å². The van der Waals surface area contributed by atoms with Gasteiger partial charge in [0, 0.05) is 6.20 Å². The predicted octanol–water partition coefficient (Wildman–Crippen LogP) is 2.21. The van der Waals surface area contributed by atoms with Gasteiger partial charge in [-0.2, -0.15) is 0 Å². The van der Waals surface area contributed by atoms with E-state index in [9.17, 15) is 4.79 Å². The van der Waals surface area contributed by atoms with Gasteiger partial charge in [-0.1, -0.05) is 6.58 Å². The quantitative estimate of drug-likeness (QED) is 0.687. The number of aryl methyl sites for hydroxylation is 1. The van der Waals surface area contributed by atoms with Crippen LogP contribution in [-0.4, -0.2) is 17.6 Å². The highest BCUT2D eigenvalue weighted by molar-refractivity contribution is 5.94. The number of pyridine rings is 1. The fraction of sp³-hybridized carbons (Fsp3) is 0.273. The number of carbonyl (C=O) groups is 1. The molecule has 0 fully saturated rings. The number of rotatable bonds is 3. The molecule has 0 aromatic carbocycles. The molecule has 0 aliphatic rings. The van der Waals surface area contributed by atoms with Gasteiger partial charge in [-0.25, -0.2) is 4.79 Å². The van der Waals surface area contributed by atoms with Crippen molar-refractivity contribution in [3.8, 4) is 0 Å². The second kappa shape index (κ2) is 4.56. The topological polar surface area (TPSA) is 39.2 Å². The first-order valence-electron chi connectivity index (χ1n) is 4.45. The van der Waals surface area contributed by atoms with Gasteiger partial charge in [0.05, 0.1) is 17.9 Å². The molecule has 0 N–H and O–H groups in total. The monoisotopic (exact) mass is 191 g/mol. The molecule has 0 saturated carbocycles. The van der Waals surface area contributed by atoms with Gasteiger partial charge in [-0.15, -0.1) is 0 Å². The molecule has 1 heterocycles. The summed E-state index contributed by atoms with van der Waals surface area (Å²) >= 11 is 0. The minimum atomic E-state index is -0.340. The summed E-state index contributed by atoms with van der Waals surface area (Å²) in [4.78, 5) is 15.6. The zero-order chi connectivity index (χ0) is 10.6. The number of hydrogen-bond acceptors (Lipinski definition) is 3. The average Bonchev–Trinajstić information content (AvgIpc) is 2.17. The maximum Gasteiger partial charge on any atom is 0.340 e. The molecule has 3 nitrogen and oxygen atoms in total. The second-order valence-corrected chi connectivity index (χ2v) is 2.81. The van der Waals surface area contributed by atoms with Crippen LogP contribution in [-0.2, 0) is 4.74 Å². The van der Waals surface area contributed by atoms with E-state index in [1.165, 1.54) is 0 Å². The van der Waals surface area contributed by atoms with Crippen molar-refractivity contribution in [2.24, 2.45) is 0 Å². The molecule has 0 spiro atoms. The van der Waals surface area contributed by atoms with Gasteiger partial charge in [-0.3, -0.25) is 4.98 Å². The zero-order valence-corrected chi connectivity index (χ0v) is 8.41. The molecule has 1 aromatic heterocycles. The van der Waals surface area contributed by atoms with E-state index >= 15 is 0 Å². The van der Waals surface area contributed by atoms with Crippen molar-refractivity contribution in [1.29, 1.82) is 0 Å². The molecular weight excluding hydrogens is 178 g/mol. The molecule has 0 aliphatic heterocycles. The largest absolute Gasteiger partial charge is 0.462 e. The standard InChI is InChI=1S/C11H13NO2/c1-4-9-10(11(13)14-5-2)8(3)6-7-12-9/h4,6-7H,1,5H2,2-3H3. The van der Waals surface area contributed by atoms with Gasteiger partial charge in [-0.05, 0) is 31.6 Å². The Morgan fingerprint density at radius 3 is 3.00 bits per heavy atom. The van der Waals surface area contributed by atoms with Crippen molar-refractivity contribution in [2.75, 3.05) is 6.61 Å². The molecule has 0 bridgehead atoms. The molecule has 0 unspecified atom stereocenters. The predicted molar refractivity (Wildman–Crippen MR) is 55.0 cm³/mol. The lowest BCUT2D eigenvalue weighted by atomic mass is 10.1. The first kappa shape index (κ1) is 10.4. The highest BCUT2D eigenvalue weighted by atomic mass is 16.5. The molecule has 14 heavy (non-hydrogen) atoms. The Morgan fingerprint density at radius 2 is 2.43 bits per heavy atom. The van der Waals surface area contributed by atoms with E-state index in [1.807, 2.05) is 6.92 Å². The lowest BCUT2D eigenvalue weighted by Crippen LogP contribution is -2.09. The smallest absolute Gasteiger partial charge is 0.340 e. The Balaban J connectivity index is 3.16. The Labute approximate surface area is 83.4 Å². The number of carbonyl (C=O) groups excluding carboxylic acids is 1. The SMILES string of the molecule is C=Cc1nccc(C)c1C(=O)OCC. The van der Waals surface area contributed by atoms with Crippen molar-refractivity contribution < 1.29 is 9.53 Å². The molecule has 0 amide bonds. The van der Waals surface area contributed by atoms with Crippen LogP contribution in [0.4, 0.5) is 0 Å². The summed E-state index contributed by atoms with van der Waals surface area (Å²) in [6, 6.07) is 1.78. The van der Waals surface area contributed by atoms with Crippen LogP contribution >= 0.6 is 0 Å². The average molecular weight is 191 g/mol. The van der Waals surface area contributed by atoms with E-state index < -0.39 is 0 Å². The van der Waals surface area contributed by atoms with Gasteiger partial charge >= 0.3 is 5.97 Å². The summed E-state index contributed by atoms with van der Waals surface area (Å²) in [6.07, 6.45) is 3.20.